The molecule has 0 atom stereocenters. The minimum absolute atomic E-state index is 0.371. The molecule has 0 saturated heterocycles. The molecule has 1 N–H and O–H groups in total. The number of benzene rings is 1. The zero-order valence-electron chi connectivity index (χ0n) is 8.03. The van der Waals surface area contributed by atoms with Gasteiger partial charge in [0.25, 0.3) is 0 Å². The second-order valence-electron chi connectivity index (χ2n) is 3.42. The van der Waals surface area contributed by atoms with E-state index in [9.17, 15) is 8.42 Å². The molecule has 2 aromatic rings. The fourth-order valence-corrected chi connectivity index (χ4v) is 2.43. The van der Waals surface area contributed by atoms with E-state index in [-0.39, 0.29) is 0 Å². The number of sulfone groups is 1. The number of hydrogen-bond acceptors (Lipinski definition) is 2. The number of aromatic amines is 1. The summed E-state index contributed by atoms with van der Waals surface area (Å²) in [5, 5.41) is 0.771. The fourth-order valence-electron chi connectivity index (χ4n) is 1.59. The molecule has 1 aromatic carbocycles. The molecule has 0 saturated carbocycles. The average Bonchev–Trinajstić information content (AvgIpc) is 2.47. The van der Waals surface area contributed by atoms with Crippen LogP contribution in [0.2, 0.25) is 0 Å². The molecule has 4 heteroatoms. The topological polar surface area (TPSA) is 49.9 Å². The molecular weight excluding hydrogens is 198 g/mol. The van der Waals surface area contributed by atoms with Gasteiger partial charge in [-0.25, -0.2) is 8.42 Å². The van der Waals surface area contributed by atoms with E-state index in [4.69, 9.17) is 0 Å². The Labute approximate surface area is 82.7 Å². The number of hydrogen-bond donors (Lipinski definition) is 1. The van der Waals surface area contributed by atoms with E-state index >= 15 is 0 Å². The van der Waals surface area contributed by atoms with Crippen LogP contribution in [0.15, 0.2) is 29.3 Å². The van der Waals surface area contributed by atoms with Crippen LogP contribution in [0.25, 0.3) is 10.9 Å². The van der Waals surface area contributed by atoms with E-state index in [0.29, 0.717) is 4.90 Å². The monoisotopic (exact) mass is 209 g/mol. The molecule has 1 heterocycles. The van der Waals surface area contributed by atoms with Crippen LogP contribution in [0.4, 0.5) is 0 Å². The first-order valence-corrected chi connectivity index (χ1v) is 6.16. The van der Waals surface area contributed by atoms with Gasteiger partial charge in [-0.15, -0.1) is 0 Å². The quantitative estimate of drug-likeness (QED) is 0.779. The van der Waals surface area contributed by atoms with Crippen molar-refractivity contribution in [3.63, 3.8) is 0 Å². The number of H-pyrrole nitrogens is 1. The van der Waals surface area contributed by atoms with Gasteiger partial charge in [0.1, 0.15) is 0 Å². The first-order valence-electron chi connectivity index (χ1n) is 4.27. The Morgan fingerprint density at radius 1 is 1.29 bits per heavy atom. The number of para-hydroxylation sites is 1. The lowest BCUT2D eigenvalue weighted by Crippen LogP contribution is -1.94. The Morgan fingerprint density at radius 3 is 2.64 bits per heavy atom. The van der Waals surface area contributed by atoms with Gasteiger partial charge < -0.3 is 4.98 Å². The van der Waals surface area contributed by atoms with Crippen LogP contribution in [-0.2, 0) is 9.84 Å². The van der Waals surface area contributed by atoms with Crippen molar-refractivity contribution < 1.29 is 8.42 Å². The van der Waals surface area contributed by atoms with E-state index in [2.05, 4.69) is 4.98 Å². The van der Waals surface area contributed by atoms with E-state index < -0.39 is 9.84 Å². The van der Waals surface area contributed by atoms with Crippen molar-refractivity contribution >= 4 is 20.7 Å². The van der Waals surface area contributed by atoms with Crippen LogP contribution >= 0.6 is 0 Å². The highest BCUT2D eigenvalue weighted by molar-refractivity contribution is 7.91. The average molecular weight is 209 g/mol. The summed E-state index contributed by atoms with van der Waals surface area (Å²) < 4.78 is 22.8. The summed E-state index contributed by atoms with van der Waals surface area (Å²) in [6.07, 6.45) is 2.77. The van der Waals surface area contributed by atoms with Crippen molar-refractivity contribution in [3.8, 4) is 0 Å². The van der Waals surface area contributed by atoms with Crippen molar-refractivity contribution in [2.75, 3.05) is 6.26 Å². The normalized spacial score (nSPS) is 12.1. The molecule has 74 valence electrons. The Hall–Kier alpha value is -1.29. The highest BCUT2D eigenvalue weighted by Crippen LogP contribution is 2.24. The molecule has 1 aromatic heterocycles. The summed E-state index contributed by atoms with van der Waals surface area (Å²) in [7, 11) is -3.13. The van der Waals surface area contributed by atoms with Crippen LogP contribution in [0.5, 0.6) is 0 Å². The van der Waals surface area contributed by atoms with Crippen LogP contribution in [0, 0.1) is 6.92 Å². The van der Waals surface area contributed by atoms with Gasteiger partial charge in [0.15, 0.2) is 9.84 Å². The molecule has 14 heavy (non-hydrogen) atoms. The zero-order valence-corrected chi connectivity index (χ0v) is 8.85. The third-order valence-electron chi connectivity index (χ3n) is 2.29. The van der Waals surface area contributed by atoms with Gasteiger partial charge in [0, 0.05) is 23.4 Å². The second-order valence-corrected chi connectivity index (χ2v) is 5.41. The summed E-state index contributed by atoms with van der Waals surface area (Å²) in [6, 6.07) is 5.63. The lowest BCUT2D eigenvalue weighted by molar-refractivity contribution is 0.602. The Bertz CT molecular complexity index is 581. The predicted molar refractivity (Wildman–Crippen MR) is 56.1 cm³/mol. The Kier molecular flexibility index (Phi) is 1.89. The molecule has 0 bridgehead atoms. The van der Waals surface area contributed by atoms with E-state index in [1.807, 2.05) is 25.1 Å². The maximum absolute atomic E-state index is 11.4. The van der Waals surface area contributed by atoms with Gasteiger partial charge in [-0.3, -0.25) is 0 Å². The first-order chi connectivity index (χ1) is 6.50. The van der Waals surface area contributed by atoms with Gasteiger partial charge >= 0.3 is 0 Å². The van der Waals surface area contributed by atoms with E-state index in [1.54, 1.807) is 6.20 Å². The maximum atomic E-state index is 11.4. The third kappa shape index (κ3) is 1.32. The molecule has 0 aliphatic carbocycles. The summed E-state index contributed by atoms with van der Waals surface area (Å²) in [4.78, 5) is 3.36. The highest BCUT2D eigenvalue weighted by atomic mass is 32.2. The van der Waals surface area contributed by atoms with Gasteiger partial charge in [-0.05, 0) is 12.5 Å². The summed E-state index contributed by atoms with van der Waals surface area (Å²) in [6.45, 7) is 1.95. The van der Waals surface area contributed by atoms with Gasteiger partial charge in [0.2, 0.25) is 0 Å². The van der Waals surface area contributed by atoms with Gasteiger partial charge in [-0.1, -0.05) is 18.2 Å². The summed E-state index contributed by atoms with van der Waals surface area (Å²) in [5.74, 6) is 0. The lowest BCUT2D eigenvalue weighted by Gasteiger charge is -1.96. The lowest BCUT2D eigenvalue weighted by atomic mass is 10.2. The van der Waals surface area contributed by atoms with Gasteiger partial charge in [0.05, 0.1) is 4.90 Å². The molecule has 0 aliphatic rings. The first kappa shape index (κ1) is 9.27. The maximum Gasteiger partial charge on any atom is 0.177 e. The molecule has 0 unspecified atom stereocenters. The molecule has 2 rings (SSSR count). The number of nitrogens with one attached hydrogen (secondary N) is 1. The van der Waals surface area contributed by atoms with E-state index in [1.165, 1.54) is 6.26 Å². The van der Waals surface area contributed by atoms with Crippen LogP contribution in [0.3, 0.4) is 0 Å². The summed E-state index contributed by atoms with van der Waals surface area (Å²) in [5.41, 5.74) is 1.95. The SMILES string of the molecule is Cc1cccc2c(S(C)(=O)=O)c[nH]c12. The predicted octanol–water partition coefficient (Wildman–Crippen LogP) is 1.88. The summed E-state index contributed by atoms with van der Waals surface area (Å²) >= 11 is 0. The zero-order chi connectivity index (χ0) is 10.3. The molecule has 0 fully saturated rings. The van der Waals surface area contributed by atoms with Crippen molar-refractivity contribution in [3.05, 3.63) is 30.0 Å². The molecule has 0 spiro atoms. The Morgan fingerprint density at radius 2 is 2.00 bits per heavy atom. The molecule has 0 amide bonds. The Balaban J connectivity index is 2.90. The van der Waals surface area contributed by atoms with Crippen LogP contribution in [0.1, 0.15) is 5.56 Å². The highest BCUT2D eigenvalue weighted by Gasteiger charge is 2.13. The number of aromatic nitrogens is 1. The van der Waals surface area contributed by atoms with Crippen molar-refractivity contribution in [1.29, 1.82) is 0 Å². The third-order valence-corrected chi connectivity index (χ3v) is 3.42. The standard InChI is InChI=1S/C10H11NO2S/c1-7-4-3-5-8-9(14(2,12)13)6-11-10(7)8/h3-6,11H,1-2H3. The second kappa shape index (κ2) is 2.85. The molecule has 3 nitrogen and oxygen atoms in total. The molecule has 0 radical (unpaired) electrons. The minimum atomic E-state index is -3.13. The van der Waals surface area contributed by atoms with Crippen molar-refractivity contribution in [2.24, 2.45) is 0 Å². The minimum Gasteiger partial charge on any atom is -0.360 e. The molecular formula is C10H11NO2S. The van der Waals surface area contributed by atoms with Crippen LogP contribution < -0.4 is 0 Å². The smallest absolute Gasteiger partial charge is 0.177 e. The number of aryl methyl sites for hydroxylation is 1. The van der Waals surface area contributed by atoms with Crippen LogP contribution in [-0.4, -0.2) is 19.7 Å². The van der Waals surface area contributed by atoms with E-state index in [0.717, 1.165) is 16.5 Å². The van der Waals surface area contributed by atoms with Crippen molar-refractivity contribution in [2.45, 2.75) is 11.8 Å². The fraction of sp³-hybridized carbons (Fsp3) is 0.200. The van der Waals surface area contributed by atoms with Crippen molar-refractivity contribution in [1.82, 2.24) is 4.98 Å². The number of rotatable bonds is 1. The number of fused-ring (bicyclic) bond motifs is 1. The molecule has 0 aliphatic heterocycles. The van der Waals surface area contributed by atoms with Gasteiger partial charge in [-0.2, -0.15) is 0 Å². The largest absolute Gasteiger partial charge is 0.360 e.